The van der Waals surface area contributed by atoms with Crippen molar-refractivity contribution in [2.45, 2.75) is 32.7 Å². The molecule has 2 heterocycles. The molecule has 0 spiro atoms. The Bertz CT molecular complexity index is 377. The molecule has 2 rings (SSSR count). The zero-order valence-electron chi connectivity index (χ0n) is 10.1. The number of aromatic amines is 1. The van der Waals surface area contributed by atoms with Gasteiger partial charge in [0, 0.05) is 24.8 Å². The third-order valence-electron chi connectivity index (χ3n) is 3.16. The molecule has 1 aliphatic heterocycles. The van der Waals surface area contributed by atoms with Crippen LogP contribution in [-0.2, 0) is 0 Å². The quantitative estimate of drug-likeness (QED) is 0.847. The molecule has 1 atom stereocenters. The summed E-state index contributed by atoms with van der Waals surface area (Å²) in [5.41, 5.74) is 1.23. The van der Waals surface area contributed by atoms with Crippen LogP contribution >= 0.6 is 0 Å². The van der Waals surface area contributed by atoms with Crippen molar-refractivity contribution in [3.8, 4) is 0 Å². The van der Waals surface area contributed by atoms with Crippen molar-refractivity contribution in [3.05, 3.63) is 34.2 Å². The maximum Gasteiger partial charge on any atom is 0.247 e. The molecule has 1 aromatic rings. The summed E-state index contributed by atoms with van der Waals surface area (Å²) in [4.78, 5) is 16.3. The smallest absolute Gasteiger partial charge is 0.247 e. The lowest BCUT2D eigenvalue weighted by Crippen LogP contribution is -2.27. The number of likely N-dealkylation sites (tertiary alicyclic amines) is 1. The van der Waals surface area contributed by atoms with Crippen LogP contribution in [0.1, 0.15) is 38.3 Å². The van der Waals surface area contributed by atoms with E-state index < -0.39 is 0 Å². The van der Waals surface area contributed by atoms with Crippen LogP contribution in [0.5, 0.6) is 0 Å². The zero-order chi connectivity index (χ0) is 11.5. The van der Waals surface area contributed by atoms with Crippen LogP contribution in [0, 0.1) is 5.92 Å². The number of nitrogens with one attached hydrogen (secondary N) is 1. The van der Waals surface area contributed by atoms with E-state index in [9.17, 15) is 4.79 Å². The summed E-state index contributed by atoms with van der Waals surface area (Å²) < 4.78 is 0. The molecule has 3 nitrogen and oxygen atoms in total. The van der Waals surface area contributed by atoms with E-state index in [1.807, 2.05) is 12.3 Å². The molecule has 3 heteroatoms. The molecule has 0 unspecified atom stereocenters. The lowest BCUT2D eigenvalue weighted by molar-refractivity contribution is 0.228. The van der Waals surface area contributed by atoms with Crippen LogP contribution in [0.25, 0.3) is 0 Å². The first kappa shape index (κ1) is 11.4. The second kappa shape index (κ2) is 4.83. The van der Waals surface area contributed by atoms with Crippen molar-refractivity contribution in [1.82, 2.24) is 9.88 Å². The number of hydrogen-bond acceptors (Lipinski definition) is 2. The Labute approximate surface area is 96.5 Å². The fraction of sp³-hybridized carbons (Fsp3) is 0.615. The molecule has 88 valence electrons. The molecule has 1 saturated heterocycles. The minimum atomic E-state index is -0.0165. The van der Waals surface area contributed by atoms with E-state index in [1.54, 1.807) is 6.07 Å². The minimum absolute atomic E-state index is 0.0165. The van der Waals surface area contributed by atoms with Crippen LogP contribution in [0.15, 0.2) is 23.1 Å². The Morgan fingerprint density at radius 1 is 1.50 bits per heavy atom. The summed E-state index contributed by atoms with van der Waals surface area (Å²) in [5.74, 6) is 0.698. The van der Waals surface area contributed by atoms with Gasteiger partial charge in [0.1, 0.15) is 0 Å². The first-order chi connectivity index (χ1) is 7.66. The van der Waals surface area contributed by atoms with E-state index in [1.165, 1.54) is 24.9 Å². The Morgan fingerprint density at radius 2 is 2.31 bits per heavy atom. The van der Waals surface area contributed by atoms with Gasteiger partial charge in [-0.15, -0.1) is 0 Å². The normalized spacial score (nSPS) is 21.8. The molecule has 1 aromatic heterocycles. The SMILES string of the molecule is CC(C)CN1CCC[C@H]1c1ccc(=O)[nH]c1. The van der Waals surface area contributed by atoms with Crippen LogP contribution < -0.4 is 5.56 Å². The molecule has 0 amide bonds. The molecule has 16 heavy (non-hydrogen) atoms. The lowest BCUT2D eigenvalue weighted by Gasteiger charge is -2.26. The van der Waals surface area contributed by atoms with Crippen molar-refractivity contribution in [3.63, 3.8) is 0 Å². The molecule has 0 aromatic carbocycles. The van der Waals surface area contributed by atoms with E-state index in [4.69, 9.17) is 0 Å². The highest BCUT2D eigenvalue weighted by Gasteiger charge is 2.26. The highest BCUT2D eigenvalue weighted by Crippen LogP contribution is 2.31. The van der Waals surface area contributed by atoms with Gasteiger partial charge in [0.05, 0.1) is 0 Å². The zero-order valence-corrected chi connectivity index (χ0v) is 10.1. The monoisotopic (exact) mass is 220 g/mol. The first-order valence-corrected chi connectivity index (χ1v) is 6.09. The summed E-state index contributed by atoms with van der Waals surface area (Å²) in [6.07, 6.45) is 4.33. The third kappa shape index (κ3) is 2.53. The number of hydrogen-bond donors (Lipinski definition) is 1. The Morgan fingerprint density at radius 3 is 2.94 bits per heavy atom. The van der Waals surface area contributed by atoms with E-state index in [2.05, 4.69) is 23.7 Å². The molecular weight excluding hydrogens is 200 g/mol. The molecule has 1 N–H and O–H groups in total. The largest absolute Gasteiger partial charge is 0.329 e. The highest BCUT2D eigenvalue weighted by molar-refractivity contribution is 5.15. The van der Waals surface area contributed by atoms with Crippen molar-refractivity contribution < 1.29 is 0 Å². The molecule has 0 bridgehead atoms. The Balaban J connectivity index is 2.13. The highest BCUT2D eigenvalue weighted by atomic mass is 16.1. The van der Waals surface area contributed by atoms with Crippen molar-refractivity contribution in [2.75, 3.05) is 13.1 Å². The lowest BCUT2D eigenvalue weighted by atomic mass is 10.1. The van der Waals surface area contributed by atoms with Gasteiger partial charge >= 0.3 is 0 Å². The molecule has 0 aliphatic carbocycles. The summed E-state index contributed by atoms with van der Waals surface area (Å²) >= 11 is 0. The summed E-state index contributed by atoms with van der Waals surface area (Å²) in [6, 6.07) is 4.09. The predicted molar refractivity (Wildman–Crippen MR) is 65.4 cm³/mol. The number of rotatable bonds is 3. The van der Waals surface area contributed by atoms with Crippen molar-refractivity contribution in [1.29, 1.82) is 0 Å². The van der Waals surface area contributed by atoms with Crippen LogP contribution in [0.2, 0.25) is 0 Å². The minimum Gasteiger partial charge on any atom is -0.329 e. The summed E-state index contributed by atoms with van der Waals surface area (Å²) in [6.45, 7) is 6.83. The maximum absolute atomic E-state index is 11.0. The maximum atomic E-state index is 11.0. The van der Waals surface area contributed by atoms with Crippen molar-refractivity contribution in [2.24, 2.45) is 5.92 Å². The average molecular weight is 220 g/mol. The second-order valence-corrected chi connectivity index (χ2v) is 5.03. The summed E-state index contributed by atoms with van der Waals surface area (Å²) in [7, 11) is 0. The van der Waals surface area contributed by atoms with Gasteiger partial charge < -0.3 is 4.98 Å². The Kier molecular flexibility index (Phi) is 3.44. The van der Waals surface area contributed by atoms with E-state index in [0.29, 0.717) is 12.0 Å². The van der Waals surface area contributed by atoms with E-state index in [-0.39, 0.29) is 5.56 Å². The van der Waals surface area contributed by atoms with Crippen LogP contribution in [-0.4, -0.2) is 23.0 Å². The van der Waals surface area contributed by atoms with Gasteiger partial charge in [-0.25, -0.2) is 0 Å². The van der Waals surface area contributed by atoms with E-state index >= 15 is 0 Å². The van der Waals surface area contributed by atoms with Gasteiger partial charge in [-0.05, 0) is 30.9 Å². The van der Waals surface area contributed by atoms with Crippen molar-refractivity contribution >= 4 is 0 Å². The van der Waals surface area contributed by atoms with Gasteiger partial charge in [-0.2, -0.15) is 0 Å². The van der Waals surface area contributed by atoms with Gasteiger partial charge in [0.25, 0.3) is 0 Å². The fourth-order valence-corrected chi connectivity index (χ4v) is 2.52. The average Bonchev–Trinajstić information content (AvgIpc) is 2.66. The molecule has 1 fully saturated rings. The second-order valence-electron chi connectivity index (χ2n) is 5.03. The third-order valence-corrected chi connectivity index (χ3v) is 3.16. The number of pyridine rings is 1. The van der Waals surface area contributed by atoms with Gasteiger partial charge in [0.2, 0.25) is 5.56 Å². The fourth-order valence-electron chi connectivity index (χ4n) is 2.52. The molecule has 1 aliphatic rings. The molecule has 0 radical (unpaired) electrons. The Hall–Kier alpha value is -1.09. The predicted octanol–water partition coefficient (Wildman–Crippen LogP) is 2.17. The molecule has 0 saturated carbocycles. The van der Waals surface area contributed by atoms with Gasteiger partial charge in [0.15, 0.2) is 0 Å². The van der Waals surface area contributed by atoms with Crippen LogP contribution in [0.4, 0.5) is 0 Å². The standard InChI is InChI=1S/C13H20N2O/c1-10(2)9-15-7-3-4-12(15)11-5-6-13(16)14-8-11/h5-6,8,10,12H,3-4,7,9H2,1-2H3,(H,14,16)/t12-/m0/s1. The number of nitrogens with zero attached hydrogens (tertiary/aromatic N) is 1. The van der Waals surface area contributed by atoms with E-state index in [0.717, 1.165) is 6.54 Å². The topological polar surface area (TPSA) is 36.1 Å². The number of aromatic nitrogens is 1. The summed E-state index contributed by atoms with van der Waals surface area (Å²) in [5, 5.41) is 0. The molecular formula is C13H20N2O. The van der Waals surface area contributed by atoms with Crippen LogP contribution in [0.3, 0.4) is 0 Å². The van der Waals surface area contributed by atoms with Gasteiger partial charge in [-0.1, -0.05) is 19.9 Å². The first-order valence-electron chi connectivity index (χ1n) is 6.09. The number of H-pyrrole nitrogens is 1. The van der Waals surface area contributed by atoms with Gasteiger partial charge in [-0.3, -0.25) is 9.69 Å².